The van der Waals surface area contributed by atoms with Gasteiger partial charge in [-0.05, 0) is 43.7 Å². The fourth-order valence-electron chi connectivity index (χ4n) is 4.56. The number of carbonyl (C=O) groups excluding carboxylic acids is 2. The van der Waals surface area contributed by atoms with Crippen LogP contribution in [-0.2, 0) is 16.0 Å². The zero-order chi connectivity index (χ0) is 20.1. The number of likely N-dealkylation sites (tertiary alicyclic amines) is 1. The number of H-pyrrole nitrogens is 1. The predicted octanol–water partition coefficient (Wildman–Crippen LogP) is 2.65. The normalized spacial score (nSPS) is 18.3. The van der Waals surface area contributed by atoms with Crippen molar-refractivity contribution in [2.45, 2.75) is 38.5 Å². The summed E-state index contributed by atoms with van der Waals surface area (Å²) in [4.78, 5) is 34.6. The third kappa shape index (κ3) is 4.99. The smallest absolute Gasteiger partial charge is 0.236 e. The molecule has 156 valence electrons. The number of hydrogen-bond acceptors (Lipinski definition) is 3. The molecular weight excluding hydrogens is 364 g/mol. The largest absolute Gasteiger partial charge is 0.361 e. The van der Waals surface area contributed by atoms with Gasteiger partial charge in [-0.25, -0.2) is 0 Å². The molecule has 2 aromatic rings. The van der Waals surface area contributed by atoms with Gasteiger partial charge in [0.1, 0.15) is 0 Å². The van der Waals surface area contributed by atoms with E-state index in [4.69, 9.17) is 0 Å². The van der Waals surface area contributed by atoms with E-state index in [1.807, 2.05) is 15.9 Å². The molecule has 0 atom stereocenters. The Morgan fingerprint density at radius 1 is 0.862 bits per heavy atom. The number of carbonyl (C=O) groups is 2. The van der Waals surface area contributed by atoms with E-state index in [2.05, 4.69) is 34.3 Å². The predicted molar refractivity (Wildman–Crippen MR) is 115 cm³/mol. The number of aromatic amines is 1. The molecule has 6 heteroatoms. The molecule has 2 saturated heterocycles. The van der Waals surface area contributed by atoms with Crippen LogP contribution in [0.5, 0.6) is 0 Å². The molecule has 29 heavy (non-hydrogen) atoms. The highest BCUT2D eigenvalue weighted by molar-refractivity contribution is 5.83. The number of fused-ring (bicyclic) bond motifs is 1. The molecule has 0 radical (unpaired) electrons. The van der Waals surface area contributed by atoms with Crippen molar-refractivity contribution in [3.05, 3.63) is 36.0 Å². The van der Waals surface area contributed by atoms with Gasteiger partial charge >= 0.3 is 0 Å². The van der Waals surface area contributed by atoms with Crippen LogP contribution < -0.4 is 0 Å². The summed E-state index contributed by atoms with van der Waals surface area (Å²) in [6.45, 7) is 5.57. The lowest BCUT2D eigenvalue weighted by molar-refractivity contribution is -0.131. The summed E-state index contributed by atoms with van der Waals surface area (Å²) in [5.41, 5.74) is 2.45. The Labute approximate surface area is 172 Å². The van der Waals surface area contributed by atoms with Crippen molar-refractivity contribution in [1.29, 1.82) is 0 Å². The zero-order valence-corrected chi connectivity index (χ0v) is 17.2. The number of para-hydroxylation sites is 1. The number of rotatable bonds is 6. The number of amides is 2. The van der Waals surface area contributed by atoms with E-state index in [0.29, 0.717) is 13.0 Å². The average Bonchev–Trinajstić information content (AvgIpc) is 3.35. The van der Waals surface area contributed by atoms with Crippen LogP contribution >= 0.6 is 0 Å². The molecule has 0 unspecified atom stereocenters. The van der Waals surface area contributed by atoms with Gasteiger partial charge in [-0.15, -0.1) is 0 Å². The average molecular weight is 397 g/mol. The number of aromatic nitrogens is 1. The van der Waals surface area contributed by atoms with Crippen LogP contribution in [-0.4, -0.2) is 77.3 Å². The topological polar surface area (TPSA) is 59.7 Å². The molecule has 1 N–H and O–H groups in total. The first-order valence-corrected chi connectivity index (χ1v) is 11.0. The van der Waals surface area contributed by atoms with E-state index >= 15 is 0 Å². The first-order valence-electron chi connectivity index (χ1n) is 11.0. The van der Waals surface area contributed by atoms with Gasteiger partial charge in [0, 0.05) is 62.8 Å². The molecule has 1 aromatic heterocycles. The van der Waals surface area contributed by atoms with Gasteiger partial charge in [-0.2, -0.15) is 0 Å². The van der Waals surface area contributed by atoms with Gasteiger partial charge < -0.3 is 14.8 Å². The van der Waals surface area contributed by atoms with Crippen molar-refractivity contribution in [1.82, 2.24) is 19.7 Å². The quantitative estimate of drug-likeness (QED) is 0.817. The van der Waals surface area contributed by atoms with E-state index in [-0.39, 0.29) is 11.8 Å². The van der Waals surface area contributed by atoms with Crippen LogP contribution in [0.4, 0.5) is 0 Å². The highest BCUT2D eigenvalue weighted by Crippen LogP contribution is 2.20. The summed E-state index contributed by atoms with van der Waals surface area (Å²) in [5, 5.41) is 1.26. The van der Waals surface area contributed by atoms with Crippen molar-refractivity contribution >= 4 is 22.7 Å². The fourth-order valence-corrected chi connectivity index (χ4v) is 4.56. The molecular formula is C23H32N4O2. The second-order valence-corrected chi connectivity index (χ2v) is 8.31. The van der Waals surface area contributed by atoms with Gasteiger partial charge in [-0.1, -0.05) is 18.2 Å². The van der Waals surface area contributed by atoms with Crippen molar-refractivity contribution < 1.29 is 9.59 Å². The van der Waals surface area contributed by atoms with E-state index in [0.717, 1.165) is 76.9 Å². The molecule has 2 aliphatic rings. The molecule has 0 bridgehead atoms. The van der Waals surface area contributed by atoms with Crippen LogP contribution in [0.1, 0.15) is 37.7 Å². The summed E-state index contributed by atoms with van der Waals surface area (Å²) < 4.78 is 0. The molecule has 2 aliphatic heterocycles. The van der Waals surface area contributed by atoms with E-state index in [1.165, 1.54) is 10.9 Å². The lowest BCUT2D eigenvalue weighted by atomic mass is 10.1. The van der Waals surface area contributed by atoms with Crippen LogP contribution in [0.3, 0.4) is 0 Å². The first-order chi connectivity index (χ1) is 14.2. The fraction of sp³-hybridized carbons (Fsp3) is 0.565. The first kappa shape index (κ1) is 20.0. The maximum Gasteiger partial charge on any atom is 0.236 e. The molecule has 1 aromatic carbocycles. The highest BCUT2D eigenvalue weighted by atomic mass is 16.2. The maximum absolute atomic E-state index is 12.7. The molecule has 4 rings (SSSR count). The van der Waals surface area contributed by atoms with Crippen LogP contribution in [0.25, 0.3) is 10.9 Å². The third-order valence-electron chi connectivity index (χ3n) is 6.27. The van der Waals surface area contributed by atoms with Crippen LogP contribution in [0.2, 0.25) is 0 Å². The van der Waals surface area contributed by atoms with Crippen molar-refractivity contribution in [2.24, 2.45) is 0 Å². The second kappa shape index (κ2) is 9.44. The third-order valence-corrected chi connectivity index (χ3v) is 6.27. The minimum Gasteiger partial charge on any atom is -0.361 e. The summed E-state index contributed by atoms with van der Waals surface area (Å²) >= 11 is 0. The molecule has 0 aliphatic carbocycles. The van der Waals surface area contributed by atoms with Crippen molar-refractivity contribution in [2.75, 3.05) is 45.8 Å². The summed E-state index contributed by atoms with van der Waals surface area (Å²) in [6, 6.07) is 8.31. The standard InChI is InChI=1S/C23H32N4O2/c28-22(10-5-7-19-17-24-21-9-2-1-8-20(19)21)27-14-6-11-25(15-16-27)18-23(29)26-12-3-4-13-26/h1-2,8-9,17,24H,3-7,10-16,18H2. The Morgan fingerprint density at radius 2 is 1.62 bits per heavy atom. The number of nitrogens with zero attached hydrogens (tertiary/aromatic N) is 3. The number of hydrogen-bond donors (Lipinski definition) is 1. The Balaban J connectivity index is 1.21. The molecule has 3 heterocycles. The minimum atomic E-state index is 0.248. The van der Waals surface area contributed by atoms with Gasteiger partial charge in [-0.3, -0.25) is 14.5 Å². The Bertz CT molecular complexity index is 840. The Hall–Kier alpha value is -2.34. The van der Waals surface area contributed by atoms with Gasteiger partial charge in [0.2, 0.25) is 11.8 Å². The number of benzene rings is 1. The highest BCUT2D eigenvalue weighted by Gasteiger charge is 2.23. The van der Waals surface area contributed by atoms with E-state index in [1.54, 1.807) is 0 Å². The maximum atomic E-state index is 12.7. The molecule has 0 saturated carbocycles. The molecule has 6 nitrogen and oxygen atoms in total. The van der Waals surface area contributed by atoms with Crippen molar-refractivity contribution in [3.63, 3.8) is 0 Å². The summed E-state index contributed by atoms with van der Waals surface area (Å²) in [6.07, 6.45) is 7.65. The second-order valence-electron chi connectivity index (χ2n) is 8.31. The lowest BCUT2D eigenvalue weighted by Gasteiger charge is -2.24. The molecule has 2 fully saturated rings. The summed E-state index contributed by atoms with van der Waals surface area (Å²) in [7, 11) is 0. The minimum absolute atomic E-state index is 0.248. The number of nitrogens with one attached hydrogen (secondary N) is 1. The van der Waals surface area contributed by atoms with Crippen molar-refractivity contribution in [3.8, 4) is 0 Å². The van der Waals surface area contributed by atoms with E-state index in [9.17, 15) is 9.59 Å². The monoisotopic (exact) mass is 396 g/mol. The molecule has 2 amide bonds. The molecule has 0 spiro atoms. The van der Waals surface area contributed by atoms with Gasteiger partial charge in [0.05, 0.1) is 6.54 Å². The van der Waals surface area contributed by atoms with Crippen LogP contribution in [0.15, 0.2) is 30.5 Å². The Kier molecular flexibility index (Phi) is 6.49. The van der Waals surface area contributed by atoms with Gasteiger partial charge in [0.25, 0.3) is 0 Å². The summed E-state index contributed by atoms with van der Waals surface area (Å²) in [5.74, 6) is 0.499. The Morgan fingerprint density at radius 3 is 2.48 bits per heavy atom. The number of aryl methyl sites for hydroxylation is 1. The van der Waals surface area contributed by atoms with E-state index < -0.39 is 0 Å². The lowest BCUT2D eigenvalue weighted by Crippen LogP contribution is -2.41. The zero-order valence-electron chi connectivity index (χ0n) is 17.2. The van der Waals surface area contributed by atoms with Gasteiger partial charge in [0.15, 0.2) is 0 Å². The van der Waals surface area contributed by atoms with Crippen LogP contribution in [0, 0.1) is 0 Å². The SMILES string of the molecule is O=C(CCCc1c[nH]c2ccccc12)N1CCCN(CC(=O)N2CCCC2)CC1.